The van der Waals surface area contributed by atoms with Gasteiger partial charge in [-0.2, -0.15) is 0 Å². The molecule has 2 fully saturated rings. The molecule has 0 aromatic heterocycles. The maximum absolute atomic E-state index is 12.3. The number of hydrogen-bond donors (Lipinski definition) is 2. The number of hydrogen-bond acceptors (Lipinski definition) is 3. The van der Waals surface area contributed by atoms with Crippen molar-refractivity contribution >= 4 is 5.91 Å². The van der Waals surface area contributed by atoms with Crippen LogP contribution in [0.4, 0.5) is 0 Å². The summed E-state index contributed by atoms with van der Waals surface area (Å²) in [6.07, 6.45) is 6.84. The molecule has 0 bridgehead atoms. The van der Waals surface area contributed by atoms with Crippen molar-refractivity contribution in [2.24, 2.45) is 0 Å². The van der Waals surface area contributed by atoms with E-state index in [9.17, 15) is 4.79 Å². The highest BCUT2D eigenvalue weighted by Gasteiger charge is 2.37. The van der Waals surface area contributed by atoms with Gasteiger partial charge in [0.1, 0.15) is 0 Å². The summed E-state index contributed by atoms with van der Waals surface area (Å²) in [5.74, 6) is 0.206. The minimum absolute atomic E-state index is 0.206. The summed E-state index contributed by atoms with van der Waals surface area (Å²) in [4.78, 5) is 14.8. The summed E-state index contributed by atoms with van der Waals surface area (Å²) >= 11 is 0. The van der Waals surface area contributed by atoms with Crippen LogP contribution in [-0.4, -0.2) is 48.6 Å². The molecule has 2 heterocycles. The Morgan fingerprint density at radius 1 is 1.42 bits per heavy atom. The number of nitrogens with zero attached hydrogens (tertiary/aromatic N) is 1. The molecule has 110 valence electrons. The Kier molecular flexibility index (Phi) is 5.22. The van der Waals surface area contributed by atoms with Gasteiger partial charge in [0.05, 0.1) is 5.54 Å². The summed E-state index contributed by atoms with van der Waals surface area (Å²) in [6.45, 7) is 8.73. The molecule has 2 aliphatic rings. The van der Waals surface area contributed by atoms with E-state index in [0.29, 0.717) is 6.04 Å². The third kappa shape index (κ3) is 3.93. The lowest BCUT2D eigenvalue weighted by molar-refractivity contribution is -0.127. The number of carbonyl (C=O) groups excluding carboxylic acids is 1. The topological polar surface area (TPSA) is 44.4 Å². The molecule has 0 aromatic rings. The van der Waals surface area contributed by atoms with Crippen molar-refractivity contribution in [3.63, 3.8) is 0 Å². The molecular weight excluding hydrogens is 238 g/mol. The Balaban J connectivity index is 1.72. The highest BCUT2D eigenvalue weighted by molar-refractivity contribution is 5.86. The van der Waals surface area contributed by atoms with Crippen molar-refractivity contribution in [1.29, 1.82) is 0 Å². The lowest BCUT2D eigenvalue weighted by Crippen LogP contribution is -2.55. The molecule has 0 aliphatic carbocycles. The maximum Gasteiger partial charge on any atom is 0.240 e. The van der Waals surface area contributed by atoms with E-state index in [1.807, 2.05) is 6.92 Å². The summed E-state index contributed by atoms with van der Waals surface area (Å²) in [5, 5.41) is 6.59. The van der Waals surface area contributed by atoms with Crippen LogP contribution in [0.3, 0.4) is 0 Å². The van der Waals surface area contributed by atoms with Crippen LogP contribution in [0.5, 0.6) is 0 Å². The van der Waals surface area contributed by atoms with E-state index in [-0.39, 0.29) is 11.4 Å². The predicted molar refractivity (Wildman–Crippen MR) is 78.2 cm³/mol. The van der Waals surface area contributed by atoms with Crippen molar-refractivity contribution in [1.82, 2.24) is 15.5 Å². The fraction of sp³-hybridized carbons (Fsp3) is 0.933. The van der Waals surface area contributed by atoms with E-state index in [2.05, 4.69) is 22.5 Å². The average Bonchev–Trinajstić information content (AvgIpc) is 2.86. The third-order valence-corrected chi connectivity index (χ3v) is 4.62. The maximum atomic E-state index is 12.3. The Labute approximate surface area is 117 Å². The highest BCUT2D eigenvalue weighted by Crippen LogP contribution is 2.20. The lowest BCUT2D eigenvalue weighted by Gasteiger charge is -2.34. The number of piperidine rings is 1. The predicted octanol–water partition coefficient (Wildman–Crippen LogP) is 1.51. The van der Waals surface area contributed by atoms with Crippen LogP contribution in [0.1, 0.15) is 52.4 Å². The van der Waals surface area contributed by atoms with Crippen LogP contribution in [0.2, 0.25) is 0 Å². The molecule has 0 spiro atoms. The molecule has 19 heavy (non-hydrogen) atoms. The monoisotopic (exact) mass is 267 g/mol. The summed E-state index contributed by atoms with van der Waals surface area (Å²) in [6, 6.07) is 0.379. The van der Waals surface area contributed by atoms with Gasteiger partial charge in [-0.3, -0.25) is 4.79 Å². The van der Waals surface area contributed by atoms with Crippen LogP contribution < -0.4 is 10.6 Å². The molecule has 1 atom stereocenters. The van der Waals surface area contributed by atoms with Gasteiger partial charge in [-0.1, -0.05) is 13.3 Å². The normalized spacial score (nSPS) is 29.6. The molecule has 1 unspecified atom stereocenters. The van der Waals surface area contributed by atoms with Crippen molar-refractivity contribution in [2.75, 3.05) is 26.2 Å². The average molecular weight is 267 g/mol. The molecule has 0 aromatic carbocycles. The smallest absolute Gasteiger partial charge is 0.240 e. The molecule has 4 nitrogen and oxygen atoms in total. The van der Waals surface area contributed by atoms with Gasteiger partial charge in [-0.25, -0.2) is 0 Å². The van der Waals surface area contributed by atoms with Gasteiger partial charge in [-0.15, -0.1) is 0 Å². The first-order valence-electron chi connectivity index (χ1n) is 7.92. The minimum atomic E-state index is -0.320. The molecule has 0 radical (unpaired) electrons. The van der Waals surface area contributed by atoms with Gasteiger partial charge in [0, 0.05) is 19.1 Å². The number of rotatable bonds is 5. The van der Waals surface area contributed by atoms with Crippen LogP contribution >= 0.6 is 0 Å². The third-order valence-electron chi connectivity index (χ3n) is 4.62. The molecule has 2 aliphatic heterocycles. The first kappa shape index (κ1) is 14.8. The van der Waals surface area contributed by atoms with Gasteiger partial charge in [0.15, 0.2) is 0 Å². The van der Waals surface area contributed by atoms with Gasteiger partial charge < -0.3 is 15.5 Å². The Morgan fingerprint density at radius 3 is 2.74 bits per heavy atom. The lowest BCUT2D eigenvalue weighted by atomic mass is 9.97. The van der Waals surface area contributed by atoms with Crippen LogP contribution in [0.15, 0.2) is 0 Å². The summed E-state index contributed by atoms with van der Waals surface area (Å²) < 4.78 is 0. The van der Waals surface area contributed by atoms with E-state index < -0.39 is 0 Å². The number of unbranched alkanes of at least 4 members (excludes halogenated alkanes) is 1. The molecule has 0 saturated carbocycles. The van der Waals surface area contributed by atoms with Gasteiger partial charge in [0.2, 0.25) is 5.91 Å². The summed E-state index contributed by atoms with van der Waals surface area (Å²) in [5.41, 5.74) is -0.320. The zero-order valence-electron chi connectivity index (χ0n) is 12.5. The largest absolute Gasteiger partial charge is 0.352 e. The second-order valence-corrected chi connectivity index (χ2v) is 6.31. The van der Waals surface area contributed by atoms with Crippen molar-refractivity contribution in [3.8, 4) is 0 Å². The first-order valence-corrected chi connectivity index (χ1v) is 7.92. The second-order valence-electron chi connectivity index (χ2n) is 6.31. The Bertz CT molecular complexity index is 292. The minimum Gasteiger partial charge on any atom is -0.352 e. The molecule has 2 rings (SSSR count). The fourth-order valence-corrected chi connectivity index (χ4v) is 3.12. The fourth-order valence-electron chi connectivity index (χ4n) is 3.12. The number of likely N-dealkylation sites (tertiary alicyclic amines) is 1. The zero-order valence-corrected chi connectivity index (χ0v) is 12.5. The second kappa shape index (κ2) is 6.71. The van der Waals surface area contributed by atoms with E-state index >= 15 is 0 Å². The van der Waals surface area contributed by atoms with Crippen molar-refractivity contribution < 1.29 is 4.79 Å². The molecule has 2 N–H and O–H groups in total. The quantitative estimate of drug-likeness (QED) is 0.793. The standard InChI is InChI=1S/C15H29N3O/c1-3-4-10-18-11-6-13(7-12-18)17-14(19)15(2)8-5-9-16-15/h13,16H,3-12H2,1-2H3,(H,17,19). The van der Waals surface area contributed by atoms with Crippen LogP contribution in [0.25, 0.3) is 0 Å². The van der Waals surface area contributed by atoms with Gasteiger partial charge >= 0.3 is 0 Å². The van der Waals surface area contributed by atoms with Gasteiger partial charge in [0.25, 0.3) is 0 Å². The SMILES string of the molecule is CCCCN1CCC(NC(=O)C2(C)CCCN2)CC1. The van der Waals surface area contributed by atoms with E-state index in [1.54, 1.807) is 0 Å². The number of carbonyl (C=O) groups is 1. The summed E-state index contributed by atoms with van der Waals surface area (Å²) in [7, 11) is 0. The molecular formula is C15H29N3O. The van der Waals surface area contributed by atoms with Crippen LogP contribution in [-0.2, 0) is 4.79 Å². The van der Waals surface area contributed by atoms with Crippen LogP contribution in [0, 0.1) is 0 Å². The Hall–Kier alpha value is -0.610. The van der Waals surface area contributed by atoms with Gasteiger partial charge in [-0.05, 0) is 52.1 Å². The first-order chi connectivity index (χ1) is 9.14. The molecule has 1 amide bonds. The number of nitrogens with one attached hydrogen (secondary N) is 2. The molecule has 4 heteroatoms. The highest BCUT2D eigenvalue weighted by atomic mass is 16.2. The Morgan fingerprint density at radius 2 is 2.16 bits per heavy atom. The van der Waals surface area contributed by atoms with E-state index in [4.69, 9.17) is 0 Å². The molecule has 2 saturated heterocycles. The van der Waals surface area contributed by atoms with Crippen molar-refractivity contribution in [3.05, 3.63) is 0 Å². The van der Waals surface area contributed by atoms with Crippen molar-refractivity contribution in [2.45, 2.75) is 64.0 Å². The zero-order chi connectivity index (χ0) is 13.7. The van der Waals surface area contributed by atoms with E-state index in [0.717, 1.165) is 45.3 Å². The number of amides is 1. The van der Waals surface area contributed by atoms with E-state index in [1.165, 1.54) is 19.4 Å².